The van der Waals surface area contributed by atoms with Crippen molar-refractivity contribution >= 4 is 57.2 Å². The van der Waals surface area contributed by atoms with E-state index < -0.39 is 10.8 Å². The van der Waals surface area contributed by atoms with Gasteiger partial charge in [0.2, 0.25) is 0 Å². The lowest BCUT2D eigenvalue weighted by Gasteiger charge is -2.45. The Bertz CT molecular complexity index is 3330. The molecule has 0 radical (unpaired) electrons. The summed E-state index contributed by atoms with van der Waals surface area (Å²) in [5.41, 5.74) is 21.9. The summed E-state index contributed by atoms with van der Waals surface area (Å²) in [6, 6.07) is 106. The summed E-state index contributed by atoms with van der Waals surface area (Å²) in [6.45, 7) is 4.47. The van der Waals surface area contributed by atoms with Crippen molar-refractivity contribution in [2.24, 2.45) is 0 Å². The van der Waals surface area contributed by atoms with E-state index in [1.807, 2.05) is 0 Å². The molecule has 0 aromatic heterocycles. The van der Waals surface area contributed by atoms with Crippen LogP contribution in [0.1, 0.15) is 55.6 Å². The van der Waals surface area contributed by atoms with Gasteiger partial charge in [-0.25, -0.2) is 0 Å². The molecule has 0 saturated heterocycles. The summed E-state index contributed by atoms with van der Waals surface area (Å²) in [4.78, 5) is 5.08. The monoisotopic (exact) mass is 932 g/mol. The van der Waals surface area contributed by atoms with Crippen molar-refractivity contribution in [3.8, 4) is 0 Å². The predicted octanol–water partition coefficient (Wildman–Crippen LogP) is 15.2. The number of hydrogen-bond donors (Lipinski definition) is 0. The van der Waals surface area contributed by atoms with E-state index in [2.05, 4.69) is 309 Å². The van der Waals surface area contributed by atoms with Crippen LogP contribution in [0.25, 0.3) is 0 Å². The molecular formula is C70H53BN2. The van der Waals surface area contributed by atoms with E-state index in [-0.39, 0.29) is 6.71 Å². The molecule has 346 valence electrons. The summed E-state index contributed by atoms with van der Waals surface area (Å²) in [6.07, 6.45) is 0. The molecule has 3 heteroatoms. The lowest BCUT2D eigenvalue weighted by molar-refractivity contribution is 0.745. The zero-order valence-electron chi connectivity index (χ0n) is 41.1. The van der Waals surface area contributed by atoms with Crippen LogP contribution in [-0.4, -0.2) is 6.71 Å². The fourth-order valence-electron chi connectivity index (χ4n) is 12.6. The molecule has 0 N–H and O–H groups in total. The summed E-state index contributed by atoms with van der Waals surface area (Å²) < 4.78 is 0. The number of anilines is 6. The van der Waals surface area contributed by atoms with E-state index in [4.69, 9.17) is 0 Å². The fourth-order valence-corrected chi connectivity index (χ4v) is 12.6. The number of rotatable bonds is 10. The molecular weight excluding hydrogens is 880 g/mol. The first kappa shape index (κ1) is 44.1. The van der Waals surface area contributed by atoms with Gasteiger partial charge in [-0.05, 0) is 123 Å². The molecule has 0 aliphatic carbocycles. The first-order valence-corrected chi connectivity index (χ1v) is 25.5. The van der Waals surface area contributed by atoms with Crippen LogP contribution in [0.3, 0.4) is 0 Å². The van der Waals surface area contributed by atoms with Crippen molar-refractivity contribution in [3.05, 3.63) is 341 Å². The van der Waals surface area contributed by atoms with E-state index in [0.717, 1.165) is 11.4 Å². The number of hydrogen-bond acceptors (Lipinski definition) is 2. The van der Waals surface area contributed by atoms with Crippen LogP contribution >= 0.6 is 0 Å². The van der Waals surface area contributed by atoms with Crippen LogP contribution in [0.2, 0.25) is 0 Å². The van der Waals surface area contributed by atoms with Crippen molar-refractivity contribution in [2.45, 2.75) is 24.7 Å². The molecule has 0 amide bonds. The first-order chi connectivity index (χ1) is 36.0. The Morgan fingerprint density at radius 3 is 0.863 bits per heavy atom. The topological polar surface area (TPSA) is 6.48 Å². The SMILES string of the molecule is Cc1ccc2c(c1)B1c3cc(C)ccc3N(c3cccc(C(c4ccccc4)(c4ccccc4)c4ccccc4)c3)c3cccc(c31)N2c1cccc(C(c2ccccc2)(c2ccccc2)c2ccccc2)c1. The van der Waals surface area contributed by atoms with Crippen molar-refractivity contribution < 1.29 is 0 Å². The molecule has 2 aliphatic heterocycles. The van der Waals surface area contributed by atoms with Gasteiger partial charge in [-0.2, -0.15) is 0 Å². The minimum atomic E-state index is -0.600. The fraction of sp³-hybridized carbons (Fsp3) is 0.0571. The molecule has 11 aromatic carbocycles. The highest BCUT2D eigenvalue weighted by molar-refractivity contribution is 7.00. The Morgan fingerprint density at radius 2 is 0.548 bits per heavy atom. The molecule has 2 heterocycles. The highest BCUT2D eigenvalue weighted by Gasteiger charge is 2.45. The zero-order chi connectivity index (χ0) is 48.9. The first-order valence-electron chi connectivity index (χ1n) is 25.5. The van der Waals surface area contributed by atoms with Gasteiger partial charge >= 0.3 is 0 Å². The minimum Gasteiger partial charge on any atom is -0.311 e. The van der Waals surface area contributed by atoms with Crippen molar-refractivity contribution in [1.29, 1.82) is 0 Å². The van der Waals surface area contributed by atoms with Crippen molar-refractivity contribution in [3.63, 3.8) is 0 Å². The Hall–Kier alpha value is -8.92. The highest BCUT2D eigenvalue weighted by Crippen LogP contribution is 2.51. The average molecular weight is 933 g/mol. The van der Waals surface area contributed by atoms with E-state index in [1.165, 1.54) is 94.8 Å². The van der Waals surface area contributed by atoms with E-state index in [9.17, 15) is 0 Å². The Balaban J connectivity index is 1.05. The third kappa shape index (κ3) is 7.02. The third-order valence-corrected chi connectivity index (χ3v) is 15.6. The largest absolute Gasteiger partial charge is 0.311 e. The van der Waals surface area contributed by atoms with Gasteiger partial charge < -0.3 is 9.80 Å². The molecule has 73 heavy (non-hydrogen) atoms. The summed E-state index contributed by atoms with van der Waals surface area (Å²) in [5.74, 6) is 0. The van der Waals surface area contributed by atoms with Gasteiger partial charge in [0.1, 0.15) is 0 Å². The Kier molecular flexibility index (Phi) is 10.9. The molecule has 11 aromatic rings. The van der Waals surface area contributed by atoms with Crippen molar-refractivity contribution in [1.82, 2.24) is 0 Å². The molecule has 13 rings (SSSR count). The number of benzene rings is 11. The van der Waals surface area contributed by atoms with Gasteiger partial charge in [-0.1, -0.05) is 248 Å². The number of nitrogens with zero attached hydrogens (tertiary/aromatic N) is 2. The van der Waals surface area contributed by atoms with Gasteiger partial charge in [0.25, 0.3) is 6.71 Å². The average Bonchev–Trinajstić information content (AvgIpc) is 3.45. The summed E-state index contributed by atoms with van der Waals surface area (Å²) in [5, 5.41) is 0. The van der Waals surface area contributed by atoms with Crippen LogP contribution in [0, 0.1) is 13.8 Å². The second-order valence-electron chi connectivity index (χ2n) is 19.7. The second-order valence-corrected chi connectivity index (χ2v) is 19.7. The third-order valence-electron chi connectivity index (χ3n) is 15.6. The van der Waals surface area contributed by atoms with E-state index in [0.29, 0.717) is 0 Å². The molecule has 0 atom stereocenters. The van der Waals surface area contributed by atoms with Gasteiger partial charge in [-0.3, -0.25) is 0 Å². The Labute approximate surface area is 430 Å². The molecule has 0 fully saturated rings. The Morgan fingerprint density at radius 1 is 0.260 bits per heavy atom. The maximum Gasteiger partial charge on any atom is 0.252 e. The molecule has 0 saturated carbocycles. The summed E-state index contributed by atoms with van der Waals surface area (Å²) in [7, 11) is 0. The standard InChI is InChI=1S/C70H53BN2/c1-50-42-44-64-62(46-50)71-63-47-51(2)43-45-65(63)73(61-39-22-37-59(49-61)70(55-30-15-6-16-31-55,56-32-17-7-18-33-56)57-34-19-8-20-35-57)67-41-23-40-66(68(67)71)72(64)60-38-21-36-58(48-60)69(52-24-9-3-10-25-52,53-26-11-4-12-27-53)54-28-13-5-14-29-54/h3-49H,1-2H3. The molecule has 2 nitrogen and oxygen atoms in total. The molecule has 2 aliphatic rings. The minimum absolute atomic E-state index is 0.00367. The maximum atomic E-state index is 2.54. The zero-order valence-corrected chi connectivity index (χ0v) is 41.1. The quantitative estimate of drug-likeness (QED) is 0.0996. The van der Waals surface area contributed by atoms with Crippen LogP contribution in [0.4, 0.5) is 34.1 Å². The molecule has 0 spiro atoms. The van der Waals surface area contributed by atoms with Crippen LogP contribution in [0.15, 0.2) is 285 Å². The van der Waals surface area contributed by atoms with Gasteiger partial charge in [0.05, 0.1) is 10.8 Å². The normalized spacial score (nSPS) is 12.7. The van der Waals surface area contributed by atoms with Crippen molar-refractivity contribution in [2.75, 3.05) is 9.80 Å². The lowest BCUT2D eigenvalue weighted by Crippen LogP contribution is -2.61. The van der Waals surface area contributed by atoms with Gasteiger partial charge in [0.15, 0.2) is 0 Å². The lowest BCUT2D eigenvalue weighted by atomic mass is 9.33. The highest BCUT2D eigenvalue weighted by atomic mass is 15.2. The van der Waals surface area contributed by atoms with E-state index >= 15 is 0 Å². The number of fused-ring (bicyclic) bond motifs is 4. The van der Waals surface area contributed by atoms with Crippen LogP contribution < -0.4 is 26.2 Å². The van der Waals surface area contributed by atoms with Gasteiger partial charge in [0, 0.05) is 34.1 Å². The molecule has 0 unspecified atom stereocenters. The van der Waals surface area contributed by atoms with E-state index in [1.54, 1.807) is 0 Å². The second kappa shape index (κ2) is 18.0. The number of aryl methyl sites for hydroxylation is 2. The smallest absolute Gasteiger partial charge is 0.252 e. The van der Waals surface area contributed by atoms with Crippen LogP contribution in [0.5, 0.6) is 0 Å². The molecule has 0 bridgehead atoms. The van der Waals surface area contributed by atoms with Gasteiger partial charge in [-0.15, -0.1) is 0 Å². The predicted molar refractivity (Wildman–Crippen MR) is 307 cm³/mol. The summed E-state index contributed by atoms with van der Waals surface area (Å²) >= 11 is 0. The maximum absolute atomic E-state index is 2.54. The van der Waals surface area contributed by atoms with Crippen LogP contribution in [-0.2, 0) is 10.8 Å².